The van der Waals surface area contributed by atoms with Gasteiger partial charge in [-0.1, -0.05) is 0 Å². The van der Waals surface area contributed by atoms with Crippen molar-refractivity contribution >= 4 is 21.4 Å². The second kappa shape index (κ2) is 7.20. The summed E-state index contributed by atoms with van der Waals surface area (Å²) in [6.07, 6.45) is 0.856. The molecule has 0 aliphatic heterocycles. The molecule has 1 aromatic heterocycles. The van der Waals surface area contributed by atoms with E-state index in [0.29, 0.717) is 17.3 Å². The Morgan fingerprint density at radius 2 is 2.00 bits per heavy atom. The van der Waals surface area contributed by atoms with Gasteiger partial charge in [-0.2, -0.15) is 0 Å². The predicted octanol–water partition coefficient (Wildman–Crippen LogP) is 0.350. The normalized spacial score (nSPS) is 12.2. The van der Waals surface area contributed by atoms with E-state index in [1.54, 1.807) is 6.07 Å². The number of nitrogens with zero attached hydrogens (tertiary/aromatic N) is 1. The Labute approximate surface area is 113 Å². The number of hydrogen-bond donors (Lipinski definition) is 2. The van der Waals surface area contributed by atoms with Crippen LogP contribution in [0.2, 0.25) is 0 Å². The Bertz CT molecular complexity index is 455. The van der Waals surface area contributed by atoms with Crippen LogP contribution in [0.5, 0.6) is 0 Å². The van der Waals surface area contributed by atoms with Crippen molar-refractivity contribution in [2.45, 2.75) is 10.6 Å². The molecule has 0 saturated heterocycles. The lowest BCUT2D eigenvalue weighted by Gasteiger charge is -2.09. The second-order valence-electron chi connectivity index (χ2n) is 4.28. The van der Waals surface area contributed by atoms with Gasteiger partial charge >= 0.3 is 0 Å². The number of nitrogens with one attached hydrogen (secondary N) is 2. The van der Waals surface area contributed by atoms with E-state index in [1.165, 1.54) is 11.3 Å². The first-order valence-electron chi connectivity index (χ1n) is 5.83. The fourth-order valence-electron chi connectivity index (χ4n) is 1.36. The van der Waals surface area contributed by atoms with Crippen molar-refractivity contribution < 1.29 is 8.42 Å². The molecule has 104 valence electrons. The summed E-state index contributed by atoms with van der Waals surface area (Å²) < 4.78 is 26.9. The van der Waals surface area contributed by atoms with E-state index in [9.17, 15) is 8.42 Å². The first kappa shape index (κ1) is 15.6. The van der Waals surface area contributed by atoms with Crippen molar-refractivity contribution in [3.05, 3.63) is 17.0 Å². The van der Waals surface area contributed by atoms with Crippen molar-refractivity contribution in [2.24, 2.45) is 0 Å². The van der Waals surface area contributed by atoms with Gasteiger partial charge in [0.25, 0.3) is 0 Å². The molecule has 0 fully saturated rings. The highest BCUT2D eigenvalue weighted by Crippen LogP contribution is 2.21. The van der Waals surface area contributed by atoms with Gasteiger partial charge in [-0.3, -0.25) is 0 Å². The molecule has 0 aliphatic carbocycles. The van der Waals surface area contributed by atoms with E-state index < -0.39 is 10.0 Å². The van der Waals surface area contributed by atoms with E-state index >= 15 is 0 Å². The summed E-state index contributed by atoms with van der Waals surface area (Å²) >= 11 is 1.33. The van der Waals surface area contributed by atoms with Gasteiger partial charge in [0.2, 0.25) is 10.0 Å². The first-order valence-corrected chi connectivity index (χ1v) is 8.13. The van der Waals surface area contributed by atoms with Crippen LogP contribution in [0.15, 0.2) is 16.3 Å². The van der Waals surface area contributed by atoms with Gasteiger partial charge < -0.3 is 10.2 Å². The number of hydrogen-bond acceptors (Lipinski definition) is 5. The van der Waals surface area contributed by atoms with Gasteiger partial charge in [0.15, 0.2) is 0 Å². The molecule has 5 nitrogen and oxygen atoms in total. The summed E-state index contributed by atoms with van der Waals surface area (Å²) in [5, 5.41) is 3.05. The van der Waals surface area contributed by atoms with Crippen LogP contribution < -0.4 is 10.0 Å². The van der Waals surface area contributed by atoms with Crippen LogP contribution in [-0.2, 0) is 16.4 Å². The number of rotatable bonds is 8. The average molecular weight is 291 g/mol. The maximum atomic E-state index is 12.0. The highest BCUT2D eigenvalue weighted by Gasteiger charge is 2.15. The number of sulfonamides is 1. The lowest BCUT2D eigenvalue weighted by molar-refractivity contribution is 0.412. The Kier molecular flexibility index (Phi) is 6.24. The summed E-state index contributed by atoms with van der Waals surface area (Å²) in [4.78, 5) is 3.02. The Balaban J connectivity index is 2.58. The molecule has 0 spiro atoms. The standard InChI is InChI=1S/C11H21N3O2S2/c1-12-7-6-10-4-5-11(17-10)18(15,16)13-8-9-14(2)3/h4-5,12-13H,6-9H2,1-3H3. The molecule has 1 heterocycles. The summed E-state index contributed by atoms with van der Waals surface area (Å²) in [6.45, 7) is 1.98. The first-order chi connectivity index (χ1) is 8.45. The van der Waals surface area contributed by atoms with Crippen LogP contribution in [0.4, 0.5) is 0 Å². The van der Waals surface area contributed by atoms with Crippen molar-refractivity contribution in [3.63, 3.8) is 0 Å². The maximum Gasteiger partial charge on any atom is 0.250 e. The molecule has 18 heavy (non-hydrogen) atoms. The van der Waals surface area contributed by atoms with Gasteiger partial charge in [-0.15, -0.1) is 11.3 Å². The minimum atomic E-state index is -3.34. The Morgan fingerprint density at radius 3 is 2.61 bits per heavy atom. The maximum absolute atomic E-state index is 12.0. The van der Waals surface area contributed by atoms with Crippen LogP contribution in [-0.4, -0.2) is 54.1 Å². The van der Waals surface area contributed by atoms with Gasteiger partial charge in [0.05, 0.1) is 0 Å². The summed E-state index contributed by atoms with van der Waals surface area (Å²) in [5.74, 6) is 0. The number of likely N-dealkylation sites (N-methyl/N-ethyl adjacent to an activating group) is 2. The third-order valence-electron chi connectivity index (χ3n) is 2.37. The lowest BCUT2D eigenvalue weighted by Crippen LogP contribution is -2.30. The zero-order chi connectivity index (χ0) is 13.6. The largest absolute Gasteiger partial charge is 0.319 e. The van der Waals surface area contributed by atoms with Gasteiger partial charge in [-0.05, 0) is 46.2 Å². The molecule has 0 atom stereocenters. The molecule has 1 rings (SSSR count). The van der Waals surface area contributed by atoms with Crippen LogP contribution in [0.25, 0.3) is 0 Å². The summed E-state index contributed by atoms with van der Waals surface area (Å²) in [5.41, 5.74) is 0. The zero-order valence-electron chi connectivity index (χ0n) is 11.1. The second-order valence-corrected chi connectivity index (χ2v) is 7.44. The fraction of sp³-hybridized carbons (Fsp3) is 0.636. The smallest absolute Gasteiger partial charge is 0.250 e. The monoisotopic (exact) mass is 291 g/mol. The van der Waals surface area contributed by atoms with E-state index in [1.807, 2.05) is 32.1 Å². The third-order valence-corrected chi connectivity index (χ3v) is 5.47. The Morgan fingerprint density at radius 1 is 1.28 bits per heavy atom. The van der Waals surface area contributed by atoms with Crippen LogP contribution in [0, 0.1) is 0 Å². The van der Waals surface area contributed by atoms with Crippen LogP contribution in [0.3, 0.4) is 0 Å². The van der Waals surface area contributed by atoms with Gasteiger partial charge in [0, 0.05) is 18.0 Å². The molecule has 7 heteroatoms. The van der Waals surface area contributed by atoms with Crippen LogP contribution in [0.1, 0.15) is 4.88 Å². The molecule has 1 aromatic rings. The molecule has 0 saturated carbocycles. The van der Waals surface area contributed by atoms with E-state index in [4.69, 9.17) is 0 Å². The molecule has 0 aliphatic rings. The predicted molar refractivity (Wildman–Crippen MR) is 75.7 cm³/mol. The fourth-order valence-corrected chi connectivity index (χ4v) is 3.78. The van der Waals surface area contributed by atoms with Gasteiger partial charge in [0.1, 0.15) is 4.21 Å². The molecular formula is C11H21N3O2S2. The van der Waals surface area contributed by atoms with Crippen molar-refractivity contribution in [1.82, 2.24) is 14.9 Å². The molecule has 2 N–H and O–H groups in total. The van der Waals surface area contributed by atoms with Gasteiger partial charge in [-0.25, -0.2) is 13.1 Å². The topological polar surface area (TPSA) is 61.4 Å². The Hall–Kier alpha value is -0.470. The molecule has 0 radical (unpaired) electrons. The van der Waals surface area contributed by atoms with E-state index in [-0.39, 0.29) is 0 Å². The molecule has 0 bridgehead atoms. The van der Waals surface area contributed by atoms with Crippen molar-refractivity contribution in [2.75, 3.05) is 40.8 Å². The lowest BCUT2D eigenvalue weighted by atomic mass is 10.3. The molecular weight excluding hydrogens is 270 g/mol. The highest BCUT2D eigenvalue weighted by atomic mass is 32.2. The van der Waals surface area contributed by atoms with E-state index in [0.717, 1.165) is 17.8 Å². The summed E-state index contributed by atoms with van der Waals surface area (Å²) in [6, 6.07) is 3.55. The SMILES string of the molecule is CNCCc1ccc(S(=O)(=O)NCCN(C)C)s1. The van der Waals surface area contributed by atoms with E-state index in [2.05, 4.69) is 10.0 Å². The van der Waals surface area contributed by atoms with Crippen molar-refractivity contribution in [1.29, 1.82) is 0 Å². The minimum Gasteiger partial charge on any atom is -0.319 e. The average Bonchev–Trinajstić information content (AvgIpc) is 2.74. The van der Waals surface area contributed by atoms with Crippen LogP contribution >= 0.6 is 11.3 Å². The van der Waals surface area contributed by atoms with Crippen molar-refractivity contribution in [3.8, 4) is 0 Å². The zero-order valence-corrected chi connectivity index (χ0v) is 12.7. The molecule has 0 amide bonds. The molecule has 0 aromatic carbocycles. The minimum absolute atomic E-state index is 0.396. The number of thiophene rings is 1. The summed E-state index contributed by atoms with van der Waals surface area (Å²) in [7, 11) is 2.37. The highest BCUT2D eigenvalue weighted by molar-refractivity contribution is 7.91. The third kappa shape index (κ3) is 5.03. The molecule has 0 unspecified atom stereocenters. The quantitative estimate of drug-likeness (QED) is 0.725.